The van der Waals surface area contributed by atoms with Gasteiger partial charge in [-0.1, -0.05) is 24.6 Å². The Balaban J connectivity index is 2.44. The van der Waals surface area contributed by atoms with Crippen LogP contribution < -0.4 is 5.32 Å². The lowest BCUT2D eigenvalue weighted by atomic mass is 9.98. The Hall–Kier alpha value is -1.39. The Bertz CT molecular complexity index is 595. The first-order valence-electron chi connectivity index (χ1n) is 6.71. The Morgan fingerprint density at radius 3 is 2.70 bits per heavy atom. The van der Waals surface area contributed by atoms with E-state index in [4.69, 9.17) is 11.6 Å². The molecular weight excluding hydrogens is 277 g/mol. The lowest BCUT2D eigenvalue weighted by molar-refractivity contribution is 0.545. The molecular formula is C15H19ClFN3. The molecule has 0 aliphatic carbocycles. The van der Waals surface area contributed by atoms with Gasteiger partial charge in [0.05, 0.1) is 11.7 Å². The monoisotopic (exact) mass is 295 g/mol. The minimum Gasteiger partial charge on any atom is -0.306 e. The van der Waals surface area contributed by atoms with Gasteiger partial charge in [-0.15, -0.1) is 0 Å². The molecule has 108 valence electrons. The van der Waals surface area contributed by atoms with E-state index in [-0.39, 0.29) is 11.9 Å². The smallest absolute Gasteiger partial charge is 0.129 e. The van der Waals surface area contributed by atoms with Crippen molar-refractivity contribution in [3.8, 4) is 0 Å². The minimum absolute atomic E-state index is 0.207. The van der Waals surface area contributed by atoms with Crippen LogP contribution in [0.3, 0.4) is 0 Å². The zero-order valence-electron chi connectivity index (χ0n) is 12.0. The molecule has 1 atom stereocenters. The number of hydrogen-bond donors (Lipinski definition) is 1. The summed E-state index contributed by atoms with van der Waals surface area (Å²) in [5.41, 5.74) is 2.48. The molecule has 0 spiro atoms. The van der Waals surface area contributed by atoms with Gasteiger partial charge in [0.25, 0.3) is 0 Å². The number of rotatable bonds is 5. The maximum absolute atomic E-state index is 14.2. The Morgan fingerprint density at radius 2 is 2.15 bits per heavy atom. The topological polar surface area (TPSA) is 29.9 Å². The van der Waals surface area contributed by atoms with Crippen molar-refractivity contribution in [2.24, 2.45) is 7.05 Å². The van der Waals surface area contributed by atoms with E-state index in [0.717, 1.165) is 24.2 Å². The van der Waals surface area contributed by atoms with Crippen LogP contribution in [-0.4, -0.2) is 16.3 Å². The predicted octanol–water partition coefficient (Wildman–Crippen LogP) is 3.61. The Morgan fingerprint density at radius 1 is 1.40 bits per heavy atom. The number of nitrogens with one attached hydrogen (secondary N) is 1. The fourth-order valence-electron chi connectivity index (χ4n) is 2.31. The van der Waals surface area contributed by atoms with E-state index in [1.807, 2.05) is 20.2 Å². The molecule has 1 unspecified atom stereocenters. The van der Waals surface area contributed by atoms with Crippen LogP contribution >= 0.6 is 11.6 Å². The van der Waals surface area contributed by atoms with Crippen LogP contribution in [0.25, 0.3) is 0 Å². The highest BCUT2D eigenvalue weighted by molar-refractivity contribution is 6.30. The third kappa shape index (κ3) is 3.19. The van der Waals surface area contributed by atoms with E-state index in [2.05, 4.69) is 17.3 Å². The molecule has 1 heterocycles. The highest BCUT2D eigenvalue weighted by Crippen LogP contribution is 2.28. The van der Waals surface area contributed by atoms with Gasteiger partial charge in [-0.3, -0.25) is 4.68 Å². The van der Waals surface area contributed by atoms with Crippen LogP contribution in [0.2, 0.25) is 5.02 Å². The molecule has 20 heavy (non-hydrogen) atoms. The Kier molecular flexibility index (Phi) is 4.78. The van der Waals surface area contributed by atoms with Crippen LogP contribution in [0, 0.1) is 12.7 Å². The first kappa shape index (κ1) is 15.0. The molecule has 2 rings (SSSR count). The van der Waals surface area contributed by atoms with Gasteiger partial charge in [-0.25, -0.2) is 4.39 Å². The molecule has 0 amide bonds. The highest BCUT2D eigenvalue weighted by atomic mass is 35.5. The number of aromatic nitrogens is 2. The maximum atomic E-state index is 14.2. The van der Waals surface area contributed by atoms with E-state index in [1.54, 1.807) is 16.8 Å². The zero-order valence-corrected chi connectivity index (χ0v) is 12.7. The largest absolute Gasteiger partial charge is 0.306 e. The first-order chi connectivity index (χ1) is 9.52. The average molecular weight is 296 g/mol. The summed E-state index contributed by atoms with van der Waals surface area (Å²) in [5, 5.41) is 8.13. The second-order valence-electron chi connectivity index (χ2n) is 4.90. The molecule has 0 aliphatic heterocycles. The van der Waals surface area contributed by atoms with E-state index in [1.165, 1.54) is 6.07 Å². The second kappa shape index (κ2) is 6.37. The molecule has 0 radical (unpaired) electrons. The Labute approximate surface area is 123 Å². The quantitative estimate of drug-likeness (QED) is 0.913. The van der Waals surface area contributed by atoms with E-state index >= 15 is 0 Å². The summed E-state index contributed by atoms with van der Waals surface area (Å²) in [4.78, 5) is 0. The molecule has 1 aromatic heterocycles. The standard InChI is InChI=1S/C15H19ClFN3/c1-4-7-18-15(13-9-20(3)19-10(13)2)12-6-5-11(16)8-14(12)17/h5-6,8-9,15,18H,4,7H2,1-3H3. The molecule has 1 aromatic carbocycles. The molecule has 0 saturated heterocycles. The van der Waals surface area contributed by atoms with Gasteiger partial charge in [-0.05, 0) is 32.0 Å². The average Bonchev–Trinajstić information content (AvgIpc) is 2.71. The zero-order chi connectivity index (χ0) is 14.7. The summed E-state index contributed by atoms with van der Waals surface area (Å²) >= 11 is 5.83. The molecule has 0 aliphatic rings. The lowest BCUT2D eigenvalue weighted by Crippen LogP contribution is -2.24. The van der Waals surface area contributed by atoms with Crippen molar-refractivity contribution < 1.29 is 4.39 Å². The fraction of sp³-hybridized carbons (Fsp3) is 0.400. The first-order valence-corrected chi connectivity index (χ1v) is 7.09. The third-order valence-corrected chi connectivity index (χ3v) is 3.47. The van der Waals surface area contributed by atoms with Crippen LogP contribution in [-0.2, 0) is 7.05 Å². The molecule has 1 N–H and O–H groups in total. The number of halogens is 2. The maximum Gasteiger partial charge on any atom is 0.129 e. The van der Waals surface area contributed by atoms with Crippen molar-refractivity contribution in [1.29, 1.82) is 0 Å². The van der Waals surface area contributed by atoms with E-state index in [0.29, 0.717) is 10.6 Å². The van der Waals surface area contributed by atoms with Gasteiger partial charge in [0.2, 0.25) is 0 Å². The van der Waals surface area contributed by atoms with Gasteiger partial charge >= 0.3 is 0 Å². The fourth-order valence-corrected chi connectivity index (χ4v) is 2.47. The van der Waals surface area contributed by atoms with Crippen molar-refractivity contribution in [2.45, 2.75) is 26.3 Å². The molecule has 2 aromatic rings. The normalized spacial score (nSPS) is 12.7. The molecule has 3 nitrogen and oxygen atoms in total. The number of benzene rings is 1. The van der Waals surface area contributed by atoms with Gasteiger partial charge in [0.15, 0.2) is 0 Å². The molecule has 5 heteroatoms. The third-order valence-electron chi connectivity index (χ3n) is 3.23. The summed E-state index contributed by atoms with van der Waals surface area (Å²) < 4.78 is 15.9. The highest BCUT2D eigenvalue weighted by Gasteiger charge is 2.21. The predicted molar refractivity (Wildman–Crippen MR) is 79.5 cm³/mol. The van der Waals surface area contributed by atoms with Crippen LogP contribution in [0.15, 0.2) is 24.4 Å². The molecule has 0 fully saturated rings. The van der Waals surface area contributed by atoms with Crippen LogP contribution in [0.1, 0.15) is 36.2 Å². The van der Waals surface area contributed by atoms with Crippen molar-refractivity contribution in [1.82, 2.24) is 15.1 Å². The van der Waals surface area contributed by atoms with Crippen molar-refractivity contribution in [3.05, 3.63) is 52.1 Å². The number of aryl methyl sites for hydroxylation is 2. The summed E-state index contributed by atoms with van der Waals surface area (Å²) in [6.45, 7) is 4.82. The van der Waals surface area contributed by atoms with E-state index < -0.39 is 0 Å². The van der Waals surface area contributed by atoms with E-state index in [9.17, 15) is 4.39 Å². The molecule has 0 bridgehead atoms. The van der Waals surface area contributed by atoms with Gasteiger partial charge in [-0.2, -0.15) is 5.10 Å². The lowest BCUT2D eigenvalue weighted by Gasteiger charge is -2.19. The van der Waals surface area contributed by atoms with Gasteiger partial charge < -0.3 is 5.32 Å². The van der Waals surface area contributed by atoms with Crippen LogP contribution in [0.4, 0.5) is 4.39 Å². The van der Waals surface area contributed by atoms with Gasteiger partial charge in [0, 0.05) is 29.4 Å². The molecule has 0 saturated carbocycles. The summed E-state index contributed by atoms with van der Waals surface area (Å²) in [6.07, 6.45) is 2.90. The van der Waals surface area contributed by atoms with Crippen LogP contribution in [0.5, 0.6) is 0 Å². The number of nitrogens with zero attached hydrogens (tertiary/aromatic N) is 2. The second-order valence-corrected chi connectivity index (χ2v) is 5.33. The van der Waals surface area contributed by atoms with Crippen molar-refractivity contribution in [3.63, 3.8) is 0 Å². The summed E-state index contributed by atoms with van der Waals surface area (Å²) in [6, 6.07) is 4.59. The van der Waals surface area contributed by atoms with Gasteiger partial charge in [0.1, 0.15) is 5.82 Å². The number of hydrogen-bond acceptors (Lipinski definition) is 2. The van der Waals surface area contributed by atoms with Crippen molar-refractivity contribution in [2.75, 3.05) is 6.54 Å². The van der Waals surface area contributed by atoms with Crippen molar-refractivity contribution >= 4 is 11.6 Å². The minimum atomic E-state index is -0.297. The summed E-state index contributed by atoms with van der Waals surface area (Å²) in [7, 11) is 1.87. The summed E-state index contributed by atoms with van der Waals surface area (Å²) in [5.74, 6) is -0.297. The SMILES string of the molecule is CCCNC(c1ccc(Cl)cc1F)c1cn(C)nc1C.